The van der Waals surface area contributed by atoms with Gasteiger partial charge in [0.2, 0.25) is 11.9 Å². The molecule has 1 aromatic heterocycles. The molecule has 0 fully saturated rings. The van der Waals surface area contributed by atoms with Gasteiger partial charge in [-0.1, -0.05) is 26.0 Å². The van der Waals surface area contributed by atoms with Crippen LogP contribution in [0.25, 0.3) is 5.69 Å². The second-order valence-corrected chi connectivity index (χ2v) is 4.65. The molecule has 1 aromatic carbocycles. The van der Waals surface area contributed by atoms with Crippen molar-refractivity contribution in [3.8, 4) is 11.4 Å². The van der Waals surface area contributed by atoms with E-state index in [2.05, 4.69) is 29.2 Å². The summed E-state index contributed by atoms with van der Waals surface area (Å²) in [5, 5.41) is 7.50. The normalized spacial score (nSPS) is 10.7. The number of methoxy groups -OCH3 is 1. The maximum atomic E-state index is 5.90. The number of benzene rings is 1. The van der Waals surface area contributed by atoms with Crippen molar-refractivity contribution in [2.75, 3.05) is 24.7 Å². The molecule has 2 rings (SSSR count). The molecular weight excluding hydrogens is 242 g/mol. The van der Waals surface area contributed by atoms with Crippen molar-refractivity contribution >= 4 is 11.9 Å². The summed E-state index contributed by atoms with van der Waals surface area (Å²) in [6.45, 7) is 5.04. The van der Waals surface area contributed by atoms with E-state index in [1.807, 2.05) is 24.3 Å². The molecule has 2 aromatic rings. The van der Waals surface area contributed by atoms with Gasteiger partial charge < -0.3 is 15.8 Å². The fraction of sp³-hybridized carbons (Fsp3) is 0.385. The molecule has 0 bridgehead atoms. The number of nitrogens with two attached hydrogens (primary N) is 1. The maximum Gasteiger partial charge on any atom is 0.244 e. The quantitative estimate of drug-likeness (QED) is 0.859. The topological polar surface area (TPSA) is 78.0 Å². The molecule has 0 unspecified atom stereocenters. The first-order valence-electron chi connectivity index (χ1n) is 6.21. The number of nitrogen functional groups attached to an aromatic ring is 1. The molecule has 3 N–H and O–H groups in total. The van der Waals surface area contributed by atoms with Crippen molar-refractivity contribution in [1.82, 2.24) is 14.8 Å². The average molecular weight is 261 g/mol. The van der Waals surface area contributed by atoms with Crippen molar-refractivity contribution in [3.63, 3.8) is 0 Å². The van der Waals surface area contributed by atoms with Gasteiger partial charge in [-0.25, -0.2) is 0 Å². The largest absolute Gasteiger partial charge is 0.494 e. The minimum absolute atomic E-state index is 0.329. The predicted molar refractivity (Wildman–Crippen MR) is 75.7 cm³/mol. The fourth-order valence-corrected chi connectivity index (χ4v) is 1.68. The lowest BCUT2D eigenvalue weighted by Crippen LogP contribution is -2.09. The molecule has 0 atom stereocenters. The van der Waals surface area contributed by atoms with Gasteiger partial charge in [0.25, 0.3) is 0 Å². The molecule has 0 aliphatic rings. The van der Waals surface area contributed by atoms with E-state index in [1.165, 1.54) is 0 Å². The number of anilines is 2. The van der Waals surface area contributed by atoms with Gasteiger partial charge in [0, 0.05) is 6.54 Å². The van der Waals surface area contributed by atoms with Crippen LogP contribution >= 0.6 is 0 Å². The Morgan fingerprint density at radius 2 is 2.11 bits per heavy atom. The van der Waals surface area contributed by atoms with Crippen LogP contribution in [0.2, 0.25) is 0 Å². The van der Waals surface area contributed by atoms with Crippen molar-refractivity contribution in [3.05, 3.63) is 24.3 Å². The van der Waals surface area contributed by atoms with Gasteiger partial charge in [0.05, 0.1) is 7.11 Å². The van der Waals surface area contributed by atoms with E-state index in [0.717, 1.165) is 12.2 Å². The number of rotatable bonds is 5. The molecule has 19 heavy (non-hydrogen) atoms. The van der Waals surface area contributed by atoms with Crippen LogP contribution < -0.4 is 15.8 Å². The first-order valence-corrected chi connectivity index (χ1v) is 6.21. The summed E-state index contributed by atoms with van der Waals surface area (Å²) in [5.41, 5.74) is 6.67. The molecule has 0 radical (unpaired) electrons. The highest BCUT2D eigenvalue weighted by Gasteiger charge is 2.12. The molecule has 0 saturated carbocycles. The molecule has 0 spiro atoms. The third-order valence-corrected chi connectivity index (χ3v) is 2.61. The van der Waals surface area contributed by atoms with Crippen molar-refractivity contribution in [2.45, 2.75) is 13.8 Å². The molecule has 1 heterocycles. The maximum absolute atomic E-state index is 5.90. The van der Waals surface area contributed by atoms with Gasteiger partial charge in [-0.15, -0.1) is 5.10 Å². The Morgan fingerprint density at radius 1 is 1.37 bits per heavy atom. The lowest BCUT2D eigenvalue weighted by molar-refractivity contribution is 0.412. The molecule has 6 heteroatoms. The highest BCUT2D eigenvalue weighted by molar-refractivity contribution is 5.50. The Bertz CT molecular complexity index is 550. The van der Waals surface area contributed by atoms with Crippen molar-refractivity contribution < 1.29 is 4.74 Å². The van der Waals surface area contributed by atoms with Gasteiger partial charge in [-0.05, 0) is 18.1 Å². The highest BCUT2D eigenvalue weighted by Crippen LogP contribution is 2.23. The number of nitrogens with zero attached hydrogens (tertiary/aromatic N) is 3. The van der Waals surface area contributed by atoms with Crippen LogP contribution in [0, 0.1) is 5.92 Å². The SMILES string of the molecule is COc1ccccc1-n1nc(NCC(C)C)nc1N. The molecule has 0 aliphatic heterocycles. The van der Waals surface area contributed by atoms with Crippen molar-refractivity contribution in [2.24, 2.45) is 5.92 Å². The summed E-state index contributed by atoms with van der Waals surface area (Å²) in [4.78, 5) is 4.20. The van der Waals surface area contributed by atoms with Crippen LogP contribution in [0.4, 0.5) is 11.9 Å². The summed E-state index contributed by atoms with van der Waals surface area (Å²) >= 11 is 0. The number of ether oxygens (including phenoxy) is 1. The minimum Gasteiger partial charge on any atom is -0.494 e. The van der Waals surface area contributed by atoms with E-state index in [4.69, 9.17) is 10.5 Å². The van der Waals surface area contributed by atoms with E-state index in [1.54, 1.807) is 11.8 Å². The number of hydrogen-bond acceptors (Lipinski definition) is 5. The standard InChI is InChI=1S/C13H19N5O/c1-9(2)8-15-13-16-12(14)18(17-13)10-6-4-5-7-11(10)19-3/h4-7,9H,8H2,1-3H3,(H3,14,15,16,17). The van der Waals surface area contributed by atoms with E-state index >= 15 is 0 Å². The zero-order valence-electron chi connectivity index (χ0n) is 11.4. The zero-order valence-corrected chi connectivity index (χ0v) is 11.4. The predicted octanol–water partition coefficient (Wildman–Crippen LogP) is 1.93. The summed E-state index contributed by atoms with van der Waals surface area (Å²) in [6, 6.07) is 7.54. The van der Waals surface area contributed by atoms with E-state index in [0.29, 0.717) is 23.6 Å². The van der Waals surface area contributed by atoms with Crippen LogP contribution in [0.15, 0.2) is 24.3 Å². The first-order chi connectivity index (χ1) is 9.11. The molecule has 6 nitrogen and oxygen atoms in total. The van der Waals surface area contributed by atoms with Crippen LogP contribution in [-0.2, 0) is 0 Å². The van der Waals surface area contributed by atoms with Gasteiger partial charge >= 0.3 is 0 Å². The summed E-state index contributed by atoms with van der Waals surface area (Å²) in [6.07, 6.45) is 0. The second-order valence-electron chi connectivity index (χ2n) is 4.65. The van der Waals surface area contributed by atoms with E-state index in [9.17, 15) is 0 Å². The Hall–Kier alpha value is -2.24. The van der Waals surface area contributed by atoms with Gasteiger partial charge in [0.15, 0.2) is 0 Å². The second kappa shape index (κ2) is 5.60. The minimum atomic E-state index is 0.329. The first kappa shape index (κ1) is 13.2. The molecule has 102 valence electrons. The fourth-order valence-electron chi connectivity index (χ4n) is 1.68. The lowest BCUT2D eigenvalue weighted by Gasteiger charge is -2.08. The van der Waals surface area contributed by atoms with Gasteiger partial charge in [0.1, 0.15) is 11.4 Å². The summed E-state index contributed by atoms with van der Waals surface area (Å²) in [7, 11) is 1.61. The Labute approximate surface area is 112 Å². The summed E-state index contributed by atoms with van der Waals surface area (Å²) < 4.78 is 6.87. The van der Waals surface area contributed by atoms with E-state index in [-0.39, 0.29) is 0 Å². The lowest BCUT2D eigenvalue weighted by atomic mass is 10.2. The van der Waals surface area contributed by atoms with Crippen LogP contribution in [0.1, 0.15) is 13.8 Å². The molecule has 0 amide bonds. The third-order valence-electron chi connectivity index (χ3n) is 2.61. The highest BCUT2D eigenvalue weighted by atomic mass is 16.5. The Balaban J connectivity index is 2.30. The Morgan fingerprint density at radius 3 is 2.79 bits per heavy atom. The van der Waals surface area contributed by atoms with Gasteiger partial charge in [-0.2, -0.15) is 9.67 Å². The van der Waals surface area contributed by atoms with Crippen LogP contribution in [-0.4, -0.2) is 28.4 Å². The molecular formula is C13H19N5O. The van der Waals surface area contributed by atoms with E-state index < -0.39 is 0 Å². The summed E-state index contributed by atoms with van der Waals surface area (Å²) in [5.74, 6) is 2.07. The zero-order chi connectivity index (χ0) is 13.8. The molecule has 0 aliphatic carbocycles. The smallest absolute Gasteiger partial charge is 0.244 e. The van der Waals surface area contributed by atoms with Crippen molar-refractivity contribution in [1.29, 1.82) is 0 Å². The number of para-hydroxylation sites is 2. The number of aromatic nitrogens is 3. The monoisotopic (exact) mass is 261 g/mol. The average Bonchev–Trinajstić information content (AvgIpc) is 2.77. The molecule has 0 saturated heterocycles. The Kier molecular flexibility index (Phi) is 3.89. The number of hydrogen-bond donors (Lipinski definition) is 2. The third kappa shape index (κ3) is 2.96. The van der Waals surface area contributed by atoms with Crippen LogP contribution in [0.5, 0.6) is 5.75 Å². The van der Waals surface area contributed by atoms with Gasteiger partial charge in [-0.3, -0.25) is 0 Å². The van der Waals surface area contributed by atoms with Crippen LogP contribution in [0.3, 0.4) is 0 Å². The number of nitrogens with one attached hydrogen (secondary N) is 1.